The Morgan fingerprint density at radius 1 is 0.750 bits per heavy atom. The van der Waals surface area contributed by atoms with E-state index < -0.39 is 17.7 Å². The summed E-state index contributed by atoms with van der Waals surface area (Å²) >= 11 is 0. The first-order valence-electron chi connectivity index (χ1n) is 16.5. The second-order valence-corrected chi connectivity index (χ2v) is 13.0. The third-order valence-corrected chi connectivity index (χ3v) is 10.3. The van der Waals surface area contributed by atoms with Gasteiger partial charge in [-0.2, -0.15) is 0 Å². The Labute approximate surface area is 277 Å². The predicted octanol–water partition coefficient (Wildman–Crippen LogP) is 7.60. The zero-order valence-electron chi connectivity index (χ0n) is 26.3. The third kappa shape index (κ3) is 5.13. The second kappa shape index (κ2) is 11.9. The van der Waals surface area contributed by atoms with E-state index in [2.05, 4.69) is 34.2 Å². The van der Waals surface area contributed by atoms with E-state index in [1.54, 1.807) is 4.90 Å². The molecule has 6 aromatic rings. The van der Waals surface area contributed by atoms with Crippen LogP contribution in [0.5, 0.6) is 0 Å². The molecule has 4 aromatic carbocycles. The maximum Gasteiger partial charge on any atom is 0.408 e. The van der Waals surface area contributed by atoms with E-state index in [0.29, 0.717) is 31.2 Å². The lowest BCUT2D eigenvalue weighted by Gasteiger charge is -2.40. The van der Waals surface area contributed by atoms with Gasteiger partial charge in [-0.05, 0) is 78.1 Å². The van der Waals surface area contributed by atoms with Gasteiger partial charge in [0.05, 0.1) is 28.1 Å². The minimum absolute atomic E-state index is 0.00410. The number of imidazole rings is 2. The minimum Gasteiger partial charge on any atom is -0.465 e. The van der Waals surface area contributed by atoms with E-state index in [4.69, 9.17) is 9.97 Å². The van der Waals surface area contributed by atoms with Gasteiger partial charge in [0.25, 0.3) is 0 Å². The van der Waals surface area contributed by atoms with Gasteiger partial charge in [0, 0.05) is 19.5 Å². The smallest absolute Gasteiger partial charge is 0.408 e. The number of carbonyl (C=O) groups is 2. The van der Waals surface area contributed by atoms with Gasteiger partial charge in [-0.15, -0.1) is 0 Å². The molecule has 0 radical (unpaired) electrons. The molecule has 2 saturated heterocycles. The fourth-order valence-corrected chi connectivity index (χ4v) is 7.96. The lowest BCUT2D eigenvalue weighted by molar-refractivity contribution is 0.0754. The van der Waals surface area contributed by atoms with Crippen LogP contribution in [0.2, 0.25) is 0 Å². The van der Waals surface area contributed by atoms with Crippen LogP contribution >= 0.6 is 0 Å². The average Bonchev–Trinajstić information content (AvgIpc) is 3.90. The number of fused-ring (bicyclic) bond motifs is 2. The predicted molar refractivity (Wildman–Crippen MR) is 183 cm³/mol. The summed E-state index contributed by atoms with van der Waals surface area (Å²) in [6.07, 6.45) is 1.65. The number of H-pyrrole nitrogens is 2. The molecule has 0 saturated carbocycles. The summed E-state index contributed by atoms with van der Waals surface area (Å²) in [6.45, 7) is 0.941. The Kier molecular flexibility index (Phi) is 7.35. The van der Waals surface area contributed by atoms with Crippen molar-refractivity contribution in [1.29, 1.82) is 0 Å². The number of likely N-dealkylation sites (tertiary alicyclic amines) is 2. The standard InChI is InChI=1S/C38H36N6O4/c45-36(46)43-18-7-12-33(43)34-39-29-15-13-26(21-31(29)40-34)27-14-16-30-32(22-27)42-35(41-30)38(23-25-10-5-2-6-11-25)28(17-19-44(38)37(47)48)20-24-8-3-1-4-9-24/h1-6,8-11,13-16,21-22,28,33H,7,12,17-20,23H2,(H,39,40)(H,41,42)(H,45,46)(H,47,48)/t28?,33-,38-/m0/s1. The number of amides is 2. The van der Waals surface area contributed by atoms with Gasteiger partial charge in [0.2, 0.25) is 0 Å². The van der Waals surface area contributed by atoms with E-state index in [1.807, 2.05) is 72.8 Å². The fourth-order valence-electron chi connectivity index (χ4n) is 7.96. The van der Waals surface area contributed by atoms with Crippen LogP contribution in [-0.4, -0.2) is 65.2 Å². The number of hydrogen-bond donors (Lipinski definition) is 4. The second-order valence-electron chi connectivity index (χ2n) is 13.0. The Balaban J connectivity index is 1.19. The highest BCUT2D eigenvalue weighted by molar-refractivity contribution is 5.86. The monoisotopic (exact) mass is 640 g/mol. The number of carboxylic acid groups (broad SMARTS) is 2. The van der Waals surface area contributed by atoms with Crippen LogP contribution in [0, 0.1) is 5.92 Å². The van der Waals surface area contributed by atoms with Gasteiger partial charge in [0.1, 0.15) is 17.2 Å². The molecule has 2 aliphatic heterocycles. The van der Waals surface area contributed by atoms with Gasteiger partial charge in [0.15, 0.2) is 0 Å². The molecule has 10 heteroatoms. The summed E-state index contributed by atoms with van der Waals surface area (Å²) in [4.78, 5) is 44.6. The van der Waals surface area contributed by atoms with Gasteiger partial charge in [-0.25, -0.2) is 19.6 Å². The largest absolute Gasteiger partial charge is 0.465 e. The van der Waals surface area contributed by atoms with Gasteiger partial charge in [-0.1, -0.05) is 72.8 Å². The molecule has 242 valence electrons. The van der Waals surface area contributed by atoms with Crippen molar-refractivity contribution in [2.24, 2.45) is 5.92 Å². The molecular formula is C38H36N6O4. The van der Waals surface area contributed by atoms with E-state index in [0.717, 1.165) is 64.4 Å². The molecule has 2 aromatic heterocycles. The summed E-state index contributed by atoms with van der Waals surface area (Å²) in [5.41, 5.74) is 6.49. The quantitative estimate of drug-likeness (QED) is 0.142. The van der Waals surface area contributed by atoms with Crippen molar-refractivity contribution >= 4 is 34.3 Å². The first-order chi connectivity index (χ1) is 23.4. The van der Waals surface area contributed by atoms with Crippen molar-refractivity contribution in [2.75, 3.05) is 13.1 Å². The van der Waals surface area contributed by atoms with Crippen LogP contribution in [0.1, 0.15) is 48.1 Å². The van der Waals surface area contributed by atoms with Crippen molar-refractivity contribution in [2.45, 2.75) is 43.7 Å². The lowest BCUT2D eigenvalue weighted by atomic mass is 9.76. The zero-order valence-corrected chi connectivity index (χ0v) is 26.3. The summed E-state index contributed by atoms with van der Waals surface area (Å²) in [7, 11) is 0. The van der Waals surface area contributed by atoms with Crippen molar-refractivity contribution in [3.8, 4) is 11.1 Å². The van der Waals surface area contributed by atoms with Gasteiger partial charge in [-0.3, -0.25) is 9.80 Å². The highest BCUT2D eigenvalue weighted by Crippen LogP contribution is 2.47. The molecule has 1 unspecified atom stereocenters. The SMILES string of the molecule is O=C(O)N1CCC[C@H]1c1nc2cc(-c3ccc4[nH]c([C@]5(Cc6ccccc6)C(Cc6ccccc6)CCN5C(=O)O)nc4c3)ccc2[nH]1. The topological polar surface area (TPSA) is 138 Å². The zero-order chi connectivity index (χ0) is 32.8. The van der Waals surface area contributed by atoms with Gasteiger partial charge >= 0.3 is 12.2 Å². The highest BCUT2D eigenvalue weighted by Gasteiger charge is 2.54. The molecule has 0 bridgehead atoms. The Hall–Kier alpha value is -5.64. The molecule has 2 fully saturated rings. The number of hydrogen-bond acceptors (Lipinski definition) is 4. The minimum atomic E-state index is -0.946. The number of rotatable bonds is 7. The van der Waals surface area contributed by atoms with Crippen molar-refractivity contribution in [3.63, 3.8) is 0 Å². The molecule has 4 heterocycles. The average molecular weight is 641 g/mol. The molecule has 4 N–H and O–H groups in total. The first kappa shape index (κ1) is 29.7. The normalized spacial score (nSPS) is 21.0. The van der Waals surface area contributed by atoms with Crippen molar-refractivity contribution in [3.05, 3.63) is 120 Å². The summed E-state index contributed by atoms with van der Waals surface area (Å²) in [5.74, 6) is 1.33. The third-order valence-electron chi connectivity index (χ3n) is 10.3. The Morgan fingerprint density at radius 3 is 2.06 bits per heavy atom. The van der Waals surface area contributed by atoms with Crippen molar-refractivity contribution in [1.82, 2.24) is 29.7 Å². The summed E-state index contributed by atoms with van der Waals surface area (Å²) in [6, 6.07) is 32.2. The van der Waals surface area contributed by atoms with Crippen molar-refractivity contribution < 1.29 is 19.8 Å². The lowest BCUT2D eigenvalue weighted by Crippen LogP contribution is -2.50. The van der Waals surface area contributed by atoms with Crippen LogP contribution in [0.25, 0.3) is 33.2 Å². The molecule has 0 aliphatic carbocycles. The van der Waals surface area contributed by atoms with Crippen LogP contribution in [-0.2, 0) is 18.4 Å². The van der Waals surface area contributed by atoms with Gasteiger partial charge < -0.3 is 20.2 Å². The van der Waals surface area contributed by atoms with E-state index >= 15 is 0 Å². The van der Waals surface area contributed by atoms with E-state index in [1.165, 1.54) is 10.5 Å². The van der Waals surface area contributed by atoms with Crippen LogP contribution in [0.4, 0.5) is 9.59 Å². The summed E-state index contributed by atoms with van der Waals surface area (Å²) < 4.78 is 0. The molecule has 0 spiro atoms. The first-order valence-corrected chi connectivity index (χ1v) is 16.5. The number of aromatic nitrogens is 4. The number of benzene rings is 4. The van der Waals surface area contributed by atoms with Crippen LogP contribution in [0.3, 0.4) is 0 Å². The molecular weight excluding hydrogens is 604 g/mol. The molecule has 3 atom stereocenters. The van der Waals surface area contributed by atoms with Crippen LogP contribution < -0.4 is 0 Å². The number of nitrogens with one attached hydrogen (secondary N) is 2. The summed E-state index contributed by atoms with van der Waals surface area (Å²) in [5, 5.41) is 20.2. The van der Waals surface area contributed by atoms with Crippen LogP contribution in [0.15, 0.2) is 97.1 Å². The van der Waals surface area contributed by atoms with E-state index in [-0.39, 0.29) is 12.0 Å². The maximum atomic E-state index is 12.9. The molecule has 48 heavy (non-hydrogen) atoms. The Bertz CT molecular complexity index is 2130. The fraction of sp³-hybridized carbons (Fsp3) is 0.263. The maximum absolute atomic E-state index is 12.9. The molecule has 8 rings (SSSR count). The molecule has 2 aliphatic rings. The molecule has 2 amide bonds. The highest BCUT2D eigenvalue weighted by atomic mass is 16.4. The molecule has 10 nitrogen and oxygen atoms in total. The number of nitrogens with zero attached hydrogens (tertiary/aromatic N) is 4. The Morgan fingerprint density at radius 2 is 1.40 bits per heavy atom. The van der Waals surface area contributed by atoms with E-state index in [9.17, 15) is 19.8 Å². The number of aromatic amines is 2.